The lowest BCUT2D eigenvalue weighted by Crippen LogP contribution is -2.54. The number of halogens is 3. The van der Waals surface area contributed by atoms with Gasteiger partial charge in [-0.15, -0.1) is 0 Å². The Balaban J connectivity index is 1.83. The molecule has 4 aromatic rings. The van der Waals surface area contributed by atoms with Crippen LogP contribution in [-0.2, 0) is 32.6 Å². The summed E-state index contributed by atoms with van der Waals surface area (Å²) in [6.45, 7) is 3.28. The second kappa shape index (κ2) is 15.8. The number of carbonyl (C=O) groups is 2. The van der Waals surface area contributed by atoms with Crippen molar-refractivity contribution in [1.82, 2.24) is 10.2 Å². The lowest BCUT2D eigenvalue weighted by molar-refractivity contribution is -0.140. The van der Waals surface area contributed by atoms with Crippen LogP contribution in [0.15, 0.2) is 112 Å². The first-order valence-corrected chi connectivity index (χ1v) is 17.4. The fourth-order valence-electron chi connectivity index (χ4n) is 4.70. The normalized spacial score (nSPS) is 12.6. The van der Waals surface area contributed by atoms with Gasteiger partial charge in [-0.25, -0.2) is 8.42 Å². The van der Waals surface area contributed by atoms with E-state index in [1.807, 2.05) is 68.4 Å². The van der Waals surface area contributed by atoms with Gasteiger partial charge in [0, 0.05) is 23.5 Å². The van der Waals surface area contributed by atoms with Crippen LogP contribution in [0, 0.1) is 0 Å². The van der Waals surface area contributed by atoms with Crippen LogP contribution in [0.25, 0.3) is 0 Å². The third-order valence-electron chi connectivity index (χ3n) is 7.35. The highest BCUT2D eigenvalue weighted by molar-refractivity contribution is 9.10. The van der Waals surface area contributed by atoms with Gasteiger partial charge in [-0.3, -0.25) is 13.9 Å². The third-order valence-corrected chi connectivity index (χ3v) is 10.5. The Labute approximate surface area is 283 Å². The molecule has 0 saturated carbocycles. The van der Waals surface area contributed by atoms with Gasteiger partial charge in [-0.1, -0.05) is 113 Å². The smallest absolute Gasteiger partial charge is 0.264 e. The number of rotatable bonds is 13. The van der Waals surface area contributed by atoms with Crippen molar-refractivity contribution in [2.24, 2.45) is 0 Å². The first-order chi connectivity index (χ1) is 21.5. The van der Waals surface area contributed by atoms with Crippen LogP contribution in [0.3, 0.4) is 0 Å². The lowest BCUT2D eigenvalue weighted by Gasteiger charge is -2.34. The van der Waals surface area contributed by atoms with Crippen molar-refractivity contribution >= 4 is 66.7 Å². The van der Waals surface area contributed by atoms with E-state index in [1.165, 1.54) is 29.2 Å². The van der Waals surface area contributed by atoms with Gasteiger partial charge >= 0.3 is 0 Å². The summed E-state index contributed by atoms with van der Waals surface area (Å²) in [7, 11) is -4.29. The number of carbonyl (C=O) groups excluding carboxylic acids is 2. The molecule has 0 bridgehead atoms. The van der Waals surface area contributed by atoms with Crippen molar-refractivity contribution in [3.63, 3.8) is 0 Å². The maximum absolute atomic E-state index is 14.5. The largest absolute Gasteiger partial charge is 0.352 e. The molecule has 236 valence electrons. The van der Waals surface area contributed by atoms with Gasteiger partial charge in [0.1, 0.15) is 12.6 Å². The summed E-state index contributed by atoms with van der Waals surface area (Å²) in [6.07, 6.45) is 0.912. The molecule has 0 heterocycles. The summed E-state index contributed by atoms with van der Waals surface area (Å²) in [5.41, 5.74) is 1.66. The lowest BCUT2D eigenvalue weighted by atomic mass is 10.0. The maximum Gasteiger partial charge on any atom is 0.264 e. The molecular formula is C34H34BrCl2N3O4S. The highest BCUT2D eigenvalue weighted by atomic mass is 79.9. The molecule has 4 rings (SSSR count). The van der Waals surface area contributed by atoms with Crippen molar-refractivity contribution in [3.05, 3.63) is 129 Å². The molecule has 0 aromatic heterocycles. The zero-order valence-electron chi connectivity index (χ0n) is 24.9. The molecule has 0 aliphatic rings. The van der Waals surface area contributed by atoms with Crippen LogP contribution in [0.2, 0.25) is 10.0 Å². The van der Waals surface area contributed by atoms with Crippen LogP contribution >= 0.6 is 39.1 Å². The summed E-state index contributed by atoms with van der Waals surface area (Å²) in [5.74, 6) is -0.925. The Morgan fingerprint density at radius 2 is 1.47 bits per heavy atom. The number of nitrogens with one attached hydrogen (secondary N) is 1. The second-order valence-corrected chi connectivity index (χ2v) is 14.1. The second-order valence-electron chi connectivity index (χ2n) is 10.6. The molecule has 0 unspecified atom stereocenters. The first kappa shape index (κ1) is 34.5. The van der Waals surface area contributed by atoms with Gasteiger partial charge in [-0.2, -0.15) is 0 Å². The third kappa shape index (κ3) is 8.88. The number of nitrogens with zero attached hydrogens (tertiary/aromatic N) is 2. The molecule has 7 nitrogen and oxygen atoms in total. The van der Waals surface area contributed by atoms with Crippen LogP contribution in [0.5, 0.6) is 0 Å². The molecule has 2 amide bonds. The minimum absolute atomic E-state index is 0.0127. The average Bonchev–Trinajstić information content (AvgIpc) is 3.04. The van der Waals surface area contributed by atoms with Crippen LogP contribution < -0.4 is 9.62 Å². The number of amides is 2. The summed E-state index contributed by atoms with van der Waals surface area (Å²) < 4.78 is 30.0. The number of benzene rings is 4. The van der Waals surface area contributed by atoms with Crippen LogP contribution in [0.4, 0.5) is 5.69 Å². The van der Waals surface area contributed by atoms with Crippen molar-refractivity contribution in [3.8, 4) is 0 Å². The van der Waals surface area contributed by atoms with Crippen molar-refractivity contribution in [2.45, 2.75) is 50.2 Å². The molecule has 0 aliphatic carbocycles. The zero-order chi connectivity index (χ0) is 32.6. The molecule has 2 atom stereocenters. The quantitative estimate of drug-likeness (QED) is 0.154. The number of sulfonamides is 1. The number of hydrogen-bond donors (Lipinski definition) is 1. The Morgan fingerprint density at radius 1 is 0.844 bits per heavy atom. The van der Waals surface area contributed by atoms with Crippen molar-refractivity contribution < 1.29 is 18.0 Å². The molecule has 0 aliphatic heterocycles. The molecule has 4 aromatic carbocycles. The Kier molecular flexibility index (Phi) is 12.1. The Hall–Kier alpha value is -3.37. The minimum Gasteiger partial charge on any atom is -0.352 e. The highest BCUT2D eigenvalue weighted by Gasteiger charge is 2.35. The number of hydrogen-bond acceptors (Lipinski definition) is 4. The fraction of sp³-hybridized carbons (Fsp3) is 0.235. The first-order valence-electron chi connectivity index (χ1n) is 14.4. The fourth-order valence-corrected chi connectivity index (χ4v) is 6.86. The van der Waals surface area contributed by atoms with E-state index in [9.17, 15) is 18.0 Å². The molecule has 0 fully saturated rings. The summed E-state index contributed by atoms with van der Waals surface area (Å²) >= 11 is 16.3. The summed E-state index contributed by atoms with van der Waals surface area (Å²) in [5, 5.41) is 3.15. The van der Waals surface area contributed by atoms with E-state index >= 15 is 0 Å². The van der Waals surface area contributed by atoms with Gasteiger partial charge in [-0.05, 0) is 60.9 Å². The predicted molar refractivity (Wildman–Crippen MR) is 184 cm³/mol. The summed E-state index contributed by atoms with van der Waals surface area (Å²) in [4.78, 5) is 29.8. The number of anilines is 1. The van der Waals surface area contributed by atoms with Crippen LogP contribution in [0.1, 0.15) is 31.4 Å². The molecule has 0 saturated heterocycles. The van der Waals surface area contributed by atoms with Crippen molar-refractivity contribution in [2.75, 3.05) is 10.8 Å². The van der Waals surface area contributed by atoms with E-state index in [4.69, 9.17) is 23.2 Å². The Morgan fingerprint density at radius 3 is 2.09 bits per heavy atom. The van der Waals surface area contributed by atoms with Crippen molar-refractivity contribution in [1.29, 1.82) is 0 Å². The van der Waals surface area contributed by atoms with E-state index in [-0.39, 0.29) is 45.5 Å². The molecular weight excluding hydrogens is 697 g/mol. The van der Waals surface area contributed by atoms with E-state index in [0.717, 1.165) is 19.9 Å². The molecule has 0 radical (unpaired) electrons. The van der Waals surface area contributed by atoms with E-state index in [1.54, 1.807) is 24.3 Å². The summed E-state index contributed by atoms with van der Waals surface area (Å²) in [6, 6.07) is 28.1. The van der Waals surface area contributed by atoms with Gasteiger partial charge < -0.3 is 10.2 Å². The van der Waals surface area contributed by atoms with E-state index < -0.39 is 28.5 Å². The van der Waals surface area contributed by atoms with Crippen LogP contribution in [-0.4, -0.2) is 43.8 Å². The monoisotopic (exact) mass is 729 g/mol. The molecule has 45 heavy (non-hydrogen) atoms. The predicted octanol–water partition coefficient (Wildman–Crippen LogP) is 7.51. The minimum atomic E-state index is -4.29. The van der Waals surface area contributed by atoms with Gasteiger partial charge in [0.2, 0.25) is 11.8 Å². The standard InChI is InChI=1S/C34H34BrCl2N3O4S/c1-3-24(2)38-34(42)31(21-25-11-6-4-7-12-25)39(22-26-17-19-27(35)20-18-26)32(41)23-40(30-16-10-15-29(36)33(30)37)45(43,44)28-13-8-5-9-14-28/h4-20,24,31H,3,21-23H2,1-2H3,(H,38,42)/t24-,31-/m1/s1. The van der Waals surface area contributed by atoms with Gasteiger partial charge in [0.15, 0.2) is 0 Å². The zero-order valence-corrected chi connectivity index (χ0v) is 28.8. The molecule has 0 spiro atoms. The SMILES string of the molecule is CC[C@@H](C)NC(=O)[C@@H](Cc1ccccc1)N(Cc1ccc(Br)cc1)C(=O)CN(c1cccc(Cl)c1Cl)S(=O)(=O)c1ccccc1. The van der Waals surface area contributed by atoms with E-state index in [0.29, 0.717) is 6.42 Å². The van der Waals surface area contributed by atoms with Gasteiger partial charge in [0.05, 0.1) is 20.6 Å². The topological polar surface area (TPSA) is 86.8 Å². The molecule has 1 N–H and O–H groups in total. The Bertz CT molecular complexity index is 1710. The maximum atomic E-state index is 14.5. The molecule has 11 heteroatoms. The van der Waals surface area contributed by atoms with E-state index in [2.05, 4.69) is 21.2 Å². The average molecular weight is 732 g/mol. The highest BCUT2D eigenvalue weighted by Crippen LogP contribution is 2.35. The van der Waals surface area contributed by atoms with Gasteiger partial charge in [0.25, 0.3) is 10.0 Å².